The van der Waals surface area contributed by atoms with Gasteiger partial charge in [0.15, 0.2) is 0 Å². The molecule has 3 heteroatoms. The molecule has 1 aromatic rings. The maximum Gasteiger partial charge on any atom is 0.122 e. The molecule has 1 aliphatic heterocycles. The minimum absolute atomic E-state index is 0.155. The van der Waals surface area contributed by atoms with Gasteiger partial charge in [0.1, 0.15) is 5.75 Å². The largest absolute Gasteiger partial charge is 0.496 e. The lowest BCUT2D eigenvalue weighted by atomic mass is 9.65. The number of nitrogens with one attached hydrogen (secondary N) is 1. The van der Waals surface area contributed by atoms with Gasteiger partial charge in [-0.3, -0.25) is 0 Å². The van der Waals surface area contributed by atoms with Gasteiger partial charge in [-0.15, -0.1) is 0 Å². The Kier molecular flexibility index (Phi) is 2.83. The molecular formula is C15H21NO2. The van der Waals surface area contributed by atoms with Crippen LogP contribution in [0.1, 0.15) is 18.4 Å². The highest BCUT2D eigenvalue weighted by Gasteiger charge is 2.63. The van der Waals surface area contributed by atoms with Crippen LogP contribution in [0.5, 0.6) is 5.75 Å². The molecule has 1 heterocycles. The second kappa shape index (κ2) is 4.25. The van der Waals surface area contributed by atoms with Gasteiger partial charge in [0.25, 0.3) is 0 Å². The van der Waals surface area contributed by atoms with Gasteiger partial charge in [0.2, 0.25) is 0 Å². The van der Waals surface area contributed by atoms with Crippen molar-refractivity contribution in [2.24, 2.45) is 5.41 Å². The molecule has 0 unspecified atom stereocenters. The van der Waals surface area contributed by atoms with E-state index in [0.29, 0.717) is 5.41 Å². The third-order valence-corrected chi connectivity index (χ3v) is 4.70. The number of ether oxygens (including phenoxy) is 2. The van der Waals surface area contributed by atoms with Crippen molar-refractivity contribution >= 4 is 0 Å². The summed E-state index contributed by atoms with van der Waals surface area (Å²) in [6.45, 7) is 2.72. The monoisotopic (exact) mass is 247 g/mol. The molecule has 18 heavy (non-hydrogen) atoms. The number of hydrogen-bond donors (Lipinski definition) is 1. The summed E-state index contributed by atoms with van der Waals surface area (Å²) in [6, 6.07) is 8.41. The summed E-state index contributed by atoms with van der Waals surface area (Å²) in [5, 5.41) is 3.36. The number of benzene rings is 1. The van der Waals surface area contributed by atoms with Gasteiger partial charge in [0, 0.05) is 12.1 Å². The topological polar surface area (TPSA) is 30.5 Å². The van der Waals surface area contributed by atoms with Crippen molar-refractivity contribution in [3.05, 3.63) is 29.8 Å². The maximum absolute atomic E-state index is 5.58. The predicted octanol–water partition coefficient (Wildman–Crippen LogP) is 1.96. The van der Waals surface area contributed by atoms with Crippen LogP contribution in [0, 0.1) is 5.41 Å². The SMILES string of the molecule is CNCC1(C2(c3ccccc3OC)COC2)CC1. The third-order valence-electron chi connectivity index (χ3n) is 4.70. The summed E-state index contributed by atoms with van der Waals surface area (Å²) in [5.41, 5.74) is 1.85. The van der Waals surface area contributed by atoms with Crippen LogP contribution < -0.4 is 10.1 Å². The van der Waals surface area contributed by atoms with Crippen LogP contribution in [-0.4, -0.2) is 33.9 Å². The Hall–Kier alpha value is -1.06. The zero-order chi connectivity index (χ0) is 12.6. The molecule has 0 bridgehead atoms. The summed E-state index contributed by atoms with van der Waals surface area (Å²) in [4.78, 5) is 0. The number of para-hydroxylation sites is 1. The van der Waals surface area contributed by atoms with Gasteiger partial charge in [-0.05, 0) is 31.4 Å². The minimum Gasteiger partial charge on any atom is -0.496 e. The smallest absolute Gasteiger partial charge is 0.122 e. The highest BCUT2D eigenvalue weighted by atomic mass is 16.5. The molecular weight excluding hydrogens is 226 g/mol. The van der Waals surface area contributed by atoms with E-state index in [9.17, 15) is 0 Å². The molecule has 2 fully saturated rings. The fourth-order valence-electron chi connectivity index (χ4n) is 3.41. The predicted molar refractivity (Wildman–Crippen MR) is 71.1 cm³/mol. The van der Waals surface area contributed by atoms with Crippen LogP contribution in [0.25, 0.3) is 0 Å². The molecule has 3 rings (SSSR count). The van der Waals surface area contributed by atoms with E-state index < -0.39 is 0 Å². The first kappa shape index (κ1) is 12.0. The van der Waals surface area contributed by atoms with E-state index in [-0.39, 0.29) is 5.41 Å². The van der Waals surface area contributed by atoms with E-state index in [1.807, 2.05) is 13.1 Å². The number of rotatable bonds is 5. The van der Waals surface area contributed by atoms with Crippen molar-refractivity contribution in [1.29, 1.82) is 0 Å². The zero-order valence-corrected chi connectivity index (χ0v) is 11.2. The van der Waals surface area contributed by atoms with Crippen molar-refractivity contribution < 1.29 is 9.47 Å². The minimum atomic E-state index is 0.155. The molecule has 1 N–H and O–H groups in total. The van der Waals surface area contributed by atoms with Crippen molar-refractivity contribution in [3.8, 4) is 5.75 Å². The first-order valence-electron chi connectivity index (χ1n) is 6.64. The van der Waals surface area contributed by atoms with Crippen LogP contribution in [-0.2, 0) is 10.2 Å². The highest BCUT2D eigenvalue weighted by molar-refractivity contribution is 5.45. The van der Waals surface area contributed by atoms with E-state index in [2.05, 4.69) is 23.5 Å². The lowest BCUT2D eigenvalue weighted by molar-refractivity contribution is -0.0994. The molecule has 0 radical (unpaired) electrons. The molecule has 0 atom stereocenters. The first-order valence-corrected chi connectivity index (χ1v) is 6.64. The summed E-state index contributed by atoms with van der Waals surface area (Å²) in [7, 11) is 3.79. The summed E-state index contributed by atoms with van der Waals surface area (Å²) < 4.78 is 11.1. The van der Waals surface area contributed by atoms with Crippen molar-refractivity contribution in [2.75, 3.05) is 33.9 Å². The molecule has 1 aromatic carbocycles. The second-order valence-electron chi connectivity index (χ2n) is 5.59. The Labute approximate surface area is 108 Å². The average Bonchev–Trinajstić information content (AvgIpc) is 3.10. The van der Waals surface area contributed by atoms with E-state index >= 15 is 0 Å². The van der Waals surface area contributed by atoms with Crippen LogP contribution in [0.15, 0.2) is 24.3 Å². The van der Waals surface area contributed by atoms with Crippen molar-refractivity contribution in [2.45, 2.75) is 18.3 Å². The summed E-state index contributed by atoms with van der Waals surface area (Å²) >= 11 is 0. The Balaban J connectivity index is 2.01. The van der Waals surface area contributed by atoms with E-state index in [0.717, 1.165) is 25.5 Å². The van der Waals surface area contributed by atoms with E-state index in [1.54, 1.807) is 7.11 Å². The Morgan fingerprint density at radius 1 is 1.28 bits per heavy atom. The van der Waals surface area contributed by atoms with Crippen LogP contribution in [0.4, 0.5) is 0 Å². The van der Waals surface area contributed by atoms with Gasteiger partial charge < -0.3 is 14.8 Å². The molecule has 98 valence electrons. The average molecular weight is 247 g/mol. The van der Waals surface area contributed by atoms with Crippen LogP contribution in [0.3, 0.4) is 0 Å². The molecule has 3 nitrogen and oxygen atoms in total. The molecule has 0 aromatic heterocycles. The van der Waals surface area contributed by atoms with Crippen molar-refractivity contribution in [1.82, 2.24) is 5.32 Å². The number of hydrogen-bond acceptors (Lipinski definition) is 3. The van der Waals surface area contributed by atoms with Gasteiger partial charge in [-0.2, -0.15) is 0 Å². The Morgan fingerprint density at radius 2 is 2.00 bits per heavy atom. The Bertz CT molecular complexity index is 436. The van der Waals surface area contributed by atoms with Crippen LogP contribution >= 0.6 is 0 Å². The molecule has 1 aliphatic carbocycles. The zero-order valence-electron chi connectivity index (χ0n) is 11.2. The standard InChI is InChI=1S/C15H21NO2/c1-16-9-14(7-8-14)15(10-18-11-15)12-5-3-4-6-13(12)17-2/h3-6,16H,7-11H2,1-2H3. The van der Waals surface area contributed by atoms with Gasteiger partial charge in [-0.25, -0.2) is 0 Å². The Morgan fingerprint density at radius 3 is 2.50 bits per heavy atom. The van der Waals surface area contributed by atoms with Crippen LogP contribution in [0.2, 0.25) is 0 Å². The first-order chi connectivity index (χ1) is 8.78. The van der Waals surface area contributed by atoms with Gasteiger partial charge >= 0.3 is 0 Å². The maximum atomic E-state index is 5.58. The molecule has 0 spiro atoms. The van der Waals surface area contributed by atoms with Crippen molar-refractivity contribution in [3.63, 3.8) is 0 Å². The second-order valence-corrected chi connectivity index (χ2v) is 5.59. The normalized spacial score (nSPS) is 23.2. The molecule has 2 aliphatic rings. The van der Waals surface area contributed by atoms with E-state index in [4.69, 9.17) is 9.47 Å². The quantitative estimate of drug-likeness (QED) is 0.863. The number of methoxy groups -OCH3 is 1. The lowest BCUT2D eigenvalue weighted by Gasteiger charge is -2.49. The molecule has 0 amide bonds. The fraction of sp³-hybridized carbons (Fsp3) is 0.600. The van der Waals surface area contributed by atoms with Gasteiger partial charge in [0.05, 0.1) is 25.7 Å². The highest BCUT2D eigenvalue weighted by Crippen LogP contribution is 2.63. The molecule has 1 saturated carbocycles. The van der Waals surface area contributed by atoms with Gasteiger partial charge in [-0.1, -0.05) is 18.2 Å². The lowest BCUT2D eigenvalue weighted by Crippen LogP contribution is -2.56. The summed E-state index contributed by atoms with van der Waals surface area (Å²) in [5.74, 6) is 1.00. The summed E-state index contributed by atoms with van der Waals surface area (Å²) in [6.07, 6.45) is 2.57. The molecule has 1 saturated heterocycles. The van der Waals surface area contributed by atoms with E-state index in [1.165, 1.54) is 18.4 Å². The fourth-order valence-corrected chi connectivity index (χ4v) is 3.41. The third kappa shape index (κ3) is 1.50.